The van der Waals surface area contributed by atoms with Crippen LogP contribution in [-0.4, -0.2) is 64.5 Å². The van der Waals surface area contributed by atoms with E-state index in [2.05, 4.69) is 5.32 Å². The molecule has 0 unspecified atom stereocenters. The highest BCUT2D eigenvalue weighted by molar-refractivity contribution is 6.00. The highest BCUT2D eigenvalue weighted by atomic mass is 16.5. The Hall–Kier alpha value is -3.17. The molecule has 2 heterocycles. The third kappa shape index (κ3) is 4.95. The smallest absolute Gasteiger partial charge is 0.342 e. The Morgan fingerprint density at radius 1 is 1.13 bits per heavy atom. The molecule has 166 valence electrons. The van der Waals surface area contributed by atoms with Crippen molar-refractivity contribution in [3.63, 3.8) is 0 Å². The lowest BCUT2D eigenvalue weighted by atomic mass is 9.99. The zero-order chi connectivity index (χ0) is 22.7. The van der Waals surface area contributed by atoms with Gasteiger partial charge in [0.25, 0.3) is 0 Å². The molecule has 2 aliphatic rings. The summed E-state index contributed by atoms with van der Waals surface area (Å²) < 4.78 is 5.48. The molecule has 1 saturated heterocycles. The number of ketones is 1. The number of carbonyl (C=O) groups excluding carboxylic acids is 3. The predicted molar refractivity (Wildman–Crippen MR) is 113 cm³/mol. The Morgan fingerprint density at radius 2 is 1.87 bits per heavy atom. The summed E-state index contributed by atoms with van der Waals surface area (Å²) in [5, 5.41) is 33.4. The van der Waals surface area contributed by atoms with Crippen molar-refractivity contribution in [2.75, 3.05) is 18.0 Å². The van der Waals surface area contributed by atoms with Crippen molar-refractivity contribution in [2.24, 2.45) is 5.92 Å². The molecular formula is C22H26N2O7. The standard InChI is InChI=1S/C22H26N2O7/c1-12-6-7-17(26)20(28)16(25)5-3-4-14-10-15(24-9-8-23-22(24)30)11-18(27)19(14)21(29)31-13(12)2/h3-4,6-7,10-13,16,20,25,27-28H,5,8-9H2,1-2H3,(H,23,30)/b4-3+,7-6+/t12-,13+,16+,20-/m1/s1. The molecule has 2 amide bonds. The second-order valence-corrected chi connectivity index (χ2v) is 7.69. The van der Waals surface area contributed by atoms with E-state index >= 15 is 0 Å². The molecule has 0 aromatic heterocycles. The van der Waals surface area contributed by atoms with Crippen LogP contribution in [0.5, 0.6) is 5.75 Å². The normalized spacial score (nSPS) is 29.5. The molecule has 0 radical (unpaired) electrons. The Morgan fingerprint density at radius 3 is 2.55 bits per heavy atom. The van der Waals surface area contributed by atoms with E-state index in [0.717, 1.165) is 6.08 Å². The summed E-state index contributed by atoms with van der Waals surface area (Å²) in [6, 6.07) is 2.57. The molecule has 1 aromatic rings. The van der Waals surface area contributed by atoms with E-state index in [-0.39, 0.29) is 35.2 Å². The van der Waals surface area contributed by atoms with Crippen molar-refractivity contribution < 1.29 is 34.4 Å². The molecule has 4 N–H and O–H groups in total. The Bertz CT molecular complexity index is 940. The van der Waals surface area contributed by atoms with Crippen LogP contribution in [0.25, 0.3) is 6.08 Å². The second kappa shape index (κ2) is 9.32. The maximum atomic E-state index is 12.8. The molecule has 3 rings (SSSR count). The topological polar surface area (TPSA) is 136 Å². The molecule has 0 aliphatic carbocycles. The fraction of sp³-hybridized carbons (Fsp3) is 0.409. The quantitative estimate of drug-likeness (QED) is 0.494. The van der Waals surface area contributed by atoms with Crippen molar-refractivity contribution in [1.82, 2.24) is 5.32 Å². The van der Waals surface area contributed by atoms with E-state index in [0.29, 0.717) is 18.8 Å². The highest BCUT2D eigenvalue weighted by Gasteiger charge is 2.27. The van der Waals surface area contributed by atoms with Gasteiger partial charge in [0, 0.05) is 30.8 Å². The number of aliphatic hydroxyl groups is 2. The SMILES string of the molecule is C[C@@H]1/C=C/C(=O)[C@H](O)[C@@H](O)C/C=C/c2cc(N3CCNC3=O)cc(O)c2C(=O)O[C@H]1C. The van der Waals surface area contributed by atoms with Crippen molar-refractivity contribution in [3.8, 4) is 5.75 Å². The van der Waals surface area contributed by atoms with Gasteiger partial charge in [-0.25, -0.2) is 9.59 Å². The first-order valence-corrected chi connectivity index (χ1v) is 10.1. The van der Waals surface area contributed by atoms with Gasteiger partial charge >= 0.3 is 12.0 Å². The zero-order valence-corrected chi connectivity index (χ0v) is 17.3. The number of fused-ring (bicyclic) bond motifs is 1. The number of aliphatic hydroxyl groups excluding tert-OH is 2. The number of rotatable bonds is 1. The summed E-state index contributed by atoms with van der Waals surface area (Å²) in [5.41, 5.74) is 0.593. The molecular weight excluding hydrogens is 404 g/mol. The lowest BCUT2D eigenvalue weighted by Crippen LogP contribution is -2.32. The first-order valence-electron chi connectivity index (χ1n) is 10.1. The summed E-state index contributed by atoms with van der Waals surface area (Å²) >= 11 is 0. The number of cyclic esters (lactones) is 1. The molecule has 0 saturated carbocycles. The Labute approximate surface area is 179 Å². The minimum absolute atomic E-state index is 0.0730. The third-order valence-electron chi connectivity index (χ3n) is 5.43. The highest BCUT2D eigenvalue weighted by Crippen LogP contribution is 2.32. The van der Waals surface area contributed by atoms with Gasteiger partial charge in [0.05, 0.1) is 6.10 Å². The zero-order valence-electron chi connectivity index (χ0n) is 17.3. The molecule has 1 fully saturated rings. The number of anilines is 1. The predicted octanol–water partition coefficient (Wildman–Crippen LogP) is 1.37. The largest absolute Gasteiger partial charge is 0.507 e. The van der Waals surface area contributed by atoms with Crippen LogP contribution in [0.3, 0.4) is 0 Å². The number of aromatic hydroxyl groups is 1. The van der Waals surface area contributed by atoms with Gasteiger partial charge in [-0.2, -0.15) is 0 Å². The lowest BCUT2D eigenvalue weighted by Gasteiger charge is -2.21. The summed E-state index contributed by atoms with van der Waals surface area (Å²) in [6.07, 6.45) is 1.96. The molecule has 1 aromatic carbocycles. The molecule has 9 nitrogen and oxygen atoms in total. The number of nitrogens with one attached hydrogen (secondary N) is 1. The molecule has 0 bridgehead atoms. The number of phenols is 1. The fourth-order valence-electron chi connectivity index (χ4n) is 3.35. The number of hydrogen-bond acceptors (Lipinski definition) is 7. The van der Waals surface area contributed by atoms with Gasteiger partial charge in [0.2, 0.25) is 0 Å². The van der Waals surface area contributed by atoms with Crippen molar-refractivity contribution >= 4 is 29.5 Å². The van der Waals surface area contributed by atoms with E-state index in [1.165, 1.54) is 29.2 Å². The number of hydrogen-bond donors (Lipinski definition) is 4. The average Bonchev–Trinajstić information content (AvgIpc) is 3.15. The number of amides is 2. The van der Waals surface area contributed by atoms with Crippen LogP contribution in [0, 0.1) is 5.92 Å². The minimum atomic E-state index is -1.60. The second-order valence-electron chi connectivity index (χ2n) is 7.69. The van der Waals surface area contributed by atoms with Crippen LogP contribution >= 0.6 is 0 Å². The van der Waals surface area contributed by atoms with Crippen molar-refractivity contribution in [1.29, 1.82) is 0 Å². The maximum Gasteiger partial charge on any atom is 0.342 e. The number of urea groups is 1. The van der Waals surface area contributed by atoms with Gasteiger partial charge in [-0.3, -0.25) is 9.69 Å². The minimum Gasteiger partial charge on any atom is -0.507 e. The van der Waals surface area contributed by atoms with E-state index in [1.54, 1.807) is 19.9 Å². The third-order valence-corrected chi connectivity index (χ3v) is 5.43. The summed E-state index contributed by atoms with van der Waals surface area (Å²) in [4.78, 5) is 38.3. The van der Waals surface area contributed by atoms with Crippen LogP contribution in [0.15, 0.2) is 30.4 Å². The van der Waals surface area contributed by atoms with Gasteiger partial charge in [0.1, 0.15) is 23.5 Å². The number of phenolic OH excluding ortho intramolecular Hbond substituents is 1. The summed E-state index contributed by atoms with van der Waals surface area (Å²) in [6.45, 7) is 4.23. The summed E-state index contributed by atoms with van der Waals surface area (Å²) in [5.74, 6) is -2.12. The van der Waals surface area contributed by atoms with E-state index in [1.807, 2.05) is 0 Å². The molecule has 2 aliphatic heterocycles. The average molecular weight is 430 g/mol. The number of benzene rings is 1. The number of carbonyl (C=O) groups is 3. The van der Waals surface area contributed by atoms with Gasteiger partial charge < -0.3 is 25.4 Å². The van der Waals surface area contributed by atoms with Crippen LogP contribution in [-0.2, 0) is 9.53 Å². The maximum absolute atomic E-state index is 12.8. The van der Waals surface area contributed by atoms with Gasteiger partial charge in [0.15, 0.2) is 5.78 Å². The monoisotopic (exact) mass is 430 g/mol. The van der Waals surface area contributed by atoms with Crippen LogP contribution in [0.1, 0.15) is 36.2 Å². The Balaban J connectivity index is 2.04. The lowest BCUT2D eigenvalue weighted by molar-refractivity contribution is -0.127. The van der Waals surface area contributed by atoms with E-state index < -0.39 is 30.1 Å². The Kier molecular flexibility index (Phi) is 6.77. The first kappa shape index (κ1) is 22.5. The number of ether oxygens (including phenoxy) is 1. The van der Waals surface area contributed by atoms with Crippen LogP contribution in [0.2, 0.25) is 0 Å². The fourth-order valence-corrected chi connectivity index (χ4v) is 3.35. The van der Waals surface area contributed by atoms with E-state index in [9.17, 15) is 29.7 Å². The molecule has 4 atom stereocenters. The van der Waals surface area contributed by atoms with Crippen molar-refractivity contribution in [2.45, 2.75) is 38.6 Å². The molecule has 31 heavy (non-hydrogen) atoms. The van der Waals surface area contributed by atoms with Crippen LogP contribution in [0.4, 0.5) is 10.5 Å². The van der Waals surface area contributed by atoms with Crippen LogP contribution < -0.4 is 10.2 Å². The number of esters is 1. The molecule has 9 heteroatoms. The van der Waals surface area contributed by atoms with Gasteiger partial charge in [-0.15, -0.1) is 0 Å². The van der Waals surface area contributed by atoms with E-state index in [4.69, 9.17) is 4.74 Å². The van der Waals surface area contributed by atoms with Gasteiger partial charge in [-0.1, -0.05) is 25.2 Å². The summed E-state index contributed by atoms with van der Waals surface area (Å²) in [7, 11) is 0. The van der Waals surface area contributed by atoms with Crippen molar-refractivity contribution in [3.05, 3.63) is 41.5 Å². The first-order chi connectivity index (χ1) is 14.7. The molecule has 0 spiro atoms. The number of nitrogens with zero attached hydrogens (tertiary/aromatic N) is 1. The van der Waals surface area contributed by atoms with Gasteiger partial charge in [-0.05, 0) is 31.1 Å².